The van der Waals surface area contributed by atoms with Gasteiger partial charge in [0.25, 0.3) is 0 Å². The molecule has 12 heteroatoms. The van der Waals surface area contributed by atoms with Gasteiger partial charge in [0.2, 0.25) is 0 Å². The number of anilines is 1. The number of pyridine rings is 1. The molecule has 2 aliphatic heterocycles. The standard InChI is InChI=1S/C23H22ClFN6O4/c24-17-10-20(29-22(32)31-6-5-30(23(31)33)15-2-7-34-8-3-15)18(25)11-21(17)35-16-1-4-26-19(9-16)14-12-27-28-13-14/h1,4,9-13,15H,2-3,5-8H2,(H,27,28)(H,29,32). The van der Waals surface area contributed by atoms with Gasteiger partial charge in [-0.2, -0.15) is 5.10 Å². The summed E-state index contributed by atoms with van der Waals surface area (Å²) in [6.45, 7) is 1.82. The lowest BCUT2D eigenvalue weighted by molar-refractivity contribution is 0.0510. The average Bonchev–Trinajstić information content (AvgIpc) is 3.53. The maximum atomic E-state index is 14.8. The van der Waals surface area contributed by atoms with Crippen LogP contribution < -0.4 is 10.1 Å². The van der Waals surface area contributed by atoms with E-state index in [1.54, 1.807) is 35.6 Å². The summed E-state index contributed by atoms with van der Waals surface area (Å²) in [5.41, 5.74) is 1.22. The van der Waals surface area contributed by atoms with Crippen molar-refractivity contribution in [2.45, 2.75) is 18.9 Å². The summed E-state index contributed by atoms with van der Waals surface area (Å²) < 4.78 is 25.9. The van der Waals surface area contributed by atoms with Crippen LogP contribution in [0.3, 0.4) is 0 Å². The molecule has 0 spiro atoms. The molecule has 2 aromatic heterocycles. The van der Waals surface area contributed by atoms with E-state index in [4.69, 9.17) is 21.1 Å². The molecular weight excluding hydrogens is 479 g/mol. The van der Waals surface area contributed by atoms with Gasteiger partial charge in [0.05, 0.1) is 22.6 Å². The Kier molecular flexibility index (Phi) is 6.51. The number of aromatic nitrogens is 3. The molecule has 4 amide bonds. The van der Waals surface area contributed by atoms with Gasteiger partial charge in [-0.1, -0.05) is 11.6 Å². The Morgan fingerprint density at radius 1 is 1.26 bits per heavy atom. The number of benzene rings is 1. The Bertz CT molecular complexity index is 1230. The molecule has 10 nitrogen and oxygen atoms in total. The van der Waals surface area contributed by atoms with E-state index < -0.39 is 17.9 Å². The highest BCUT2D eigenvalue weighted by atomic mass is 35.5. The summed E-state index contributed by atoms with van der Waals surface area (Å²) in [6.07, 6.45) is 6.31. The SMILES string of the molecule is O=C(Nc1cc(Cl)c(Oc2ccnc(-c3cn[nH]c3)c2)cc1F)N1CCN(C2CCOCC2)C1=O. The number of rotatable bonds is 5. The Hall–Kier alpha value is -3.70. The lowest BCUT2D eigenvalue weighted by Gasteiger charge is -2.30. The minimum atomic E-state index is -0.755. The predicted molar refractivity (Wildman–Crippen MR) is 125 cm³/mol. The van der Waals surface area contributed by atoms with Crippen LogP contribution in [0.2, 0.25) is 5.02 Å². The number of hydrogen-bond donors (Lipinski definition) is 2. The number of imide groups is 1. The van der Waals surface area contributed by atoms with Crippen molar-refractivity contribution in [2.24, 2.45) is 0 Å². The van der Waals surface area contributed by atoms with Gasteiger partial charge in [0.15, 0.2) is 5.82 Å². The fraction of sp³-hybridized carbons (Fsp3) is 0.304. The van der Waals surface area contributed by atoms with Gasteiger partial charge in [-0.05, 0) is 25.0 Å². The number of carbonyl (C=O) groups excluding carboxylic acids is 2. The smallest absolute Gasteiger partial charge is 0.330 e. The van der Waals surface area contributed by atoms with Crippen LogP contribution in [0.4, 0.5) is 19.7 Å². The number of carbonyl (C=O) groups is 2. The van der Waals surface area contributed by atoms with Crippen LogP contribution in [0.25, 0.3) is 11.3 Å². The number of amides is 4. The number of aromatic amines is 1. The van der Waals surface area contributed by atoms with Crippen LogP contribution in [0.1, 0.15) is 12.8 Å². The summed E-state index contributed by atoms with van der Waals surface area (Å²) in [5.74, 6) is -0.297. The van der Waals surface area contributed by atoms with Gasteiger partial charge < -0.3 is 19.7 Å². The second kappa shape index (κ2) is 9.88. The molecule has 2 aliphatic rings. The van der Waals surface area contributed by atoms with Crippen LogP contribution in [0, 0.1) is 5.82 Å². The first-order valence-corrected chi connectivity index (χ1v) is 11.5. The molecule has 0 saturated carbocycles. The largest absolute Gasteiger partial charge is 0.456 e. The fourth-order valence-electron chi connectivity index (χ4n) is 4.11. The molecule has 3 aromatic rings. The van der Waals surface area contributed by atoms with E-state index in [1.807, 2.05) is 0 Å². The van der Waals surface area contributed by atoms with E-state index in [0.717, 1.165) is 29.4 Å². The highest BCUT2D eigenvalue weighted by Gasteiger charge is 2.37. The number of nitrogens with one attached hydrogen (secondary N) is 2. The van der Waals surface area contributed by atoms with Crippen LogP contribution >= 0.6 is 11.6 Å². The minimum Gasteiger partial charge on any atom is -0.456 e. The molecule has 182 valence electrons. The van der Waals surface area contributed by atoms with Crippen molar-refractivity contribution < 1.29 is 23.5 Å². The molecule has 0 bridgehead atoms. The first kappa shape index (κ1) is 23.1. The molecule has 5 rings (SSSR count). The topological polar surface area (TPSA) is 113 Å². The normalized spacial score (nSPS) is 16.6. The maximum Gasteiger partial charge on any atom is 0.330 e. The highest BCUT2D eigenvalue weighted by molar-refractivity contribution is 6.32. The van der Waals surface area contributed by atoms with E-state index >= 15 is 0 Å². The third-order valence-corrected chi connectivity index (χ3v) is 6.23. The molecule has 0 atom stereocenters. The number of halogens is 2. The van der Waals surface area contributed by atoms with Crippen molar-refractivity contribution in [2.75, 3.05) is 31.6 Å². The van der Waals surface area contributed by atoms with Gasteiger partial charge in [-0.25, -0.2) is 18.9 Å². The van der Waals surface area contributed by atoms with E-state index in [2.05, 4.69) is 20.5 Å². The summed E-state index contributed by atoms with van der Waals surface area (Å²) in [7, 11) is 0. The van der Waals surface area contributed by atoms with Gasteiger partial charge in [0.1, 0.15) is 11.5 Å². The second-order valence-corrected chi connectivity index (χ2v) is 8.54. The molecule has 0 radical (unpaired) electrons. The van der Waals surface area contributed by atoms with Crippen molar-refractivity contribution >= 4 is 29.4 Å². The number of urea groups is 2. The Morgan fingerprint density at radius 3 is 2.86 bits per heavy atom. The molecule has 2 fully saturated rings. The zero-order valence-electron chi connectivity index (χ0n) is 18.5. The third-order valence-electron chi connectivity index (χ3n) is 5.93. The highest BCUT2D eigenvalue weighted by Crippen LogP contribution is 2.35. The second-order valence-electron chi connectivity index (χ2n) is 8.13. The number of ether oxygens (including phenoxy) is 2. The fourth-order valence-corrected chi connectivity index (χ4v) is 4.32. The third kappa shape index (κ3) is 4.91. The number of H-pyrrole nitrogens is 1. The Morgan fingerprint density at radius 2 is 2.09 bits per heavy atom. The van der Waals surface area contributed by atoms with Gasteiger partial charge >= 0.3 is 12.1 Å². The molecular formula is C23H22ClFN6O4. The van der Waals surface area contributed by atoms with Gasteiger partial charge in [0, 0.05) is 62.4 Å². The quantitative estimate of drug-likeness (QED) is 0.533. The minimum absolute atomic E-state index is 0.0406. The van der Waals surface area contributed by atoms with Crippen molar-refractivity contribution in [3.63, 3.8) is 0 Å². The molecule has 2 N–H and O–H groups in total. The molecule has 35 heavy (non-hydrogen) atoms. The average molecular weight is 501 g/mol. The van der Waals surface area contributed by atoms with Crippen LogP contribution in [-0.2, 0) is 4.74 Å². The molecule has 0 unspecified atom stereocenters. The van der Waals surface area contributed by atoms with Gasteiger partial charge in [-0.3, -0.25) is 10.1 Å². The van der Waals surface area contributed by atoms with E-state index in [1.165, 1.54) is 6.07 Å². The first-order valence-electron chi connectivity index (χ1n) is 11.1. The maximum absolute atomic E-state index is 14.8. The summed E-state index contributed by atoms with van der Waals surface area (Å²) >= 11 is 6.31. The number of nitrogens with zero attached hydrogens (tertiary/aromatic N) is 4. The van der Waals surface area contributed by atoms with Crippen LogP contribution in [-0.4, -0.2) is 69.4 Å². The zero-order chi connectivity index (χ0) is 24.4. The van der Waals surface area contributed by atoms with E-state index in [-0.39, 0.29) is 29.0 Å². The van der Waals surface area contributed by atoms with Crippen molar-refractivity contribution in [1.82, 2.24) is 25.0 Å². The summed E-state index contributed by atoms with van der Waals surface area (Å²) in [4.78, 5) is 32.5. The van der Waals surface area contributed by atoms with Crippen LogP contribution in [0.5, 0.6) is 11.5 Å². The first-order chi connectivity index (χ1) is 17.0. The lowest BCUT2D eigenvalue weighted by atomic mass is 10.1. The molecule has 4 heterocycles. The zero-order valence-corrected chi connectivity index (χ0v) is 19.3. The lowest BCUT2D eigenvalue weighted by Crippen LogP contribution is -2.44. The van der Waals surface area contributed by atoms with Crippen molar-refractivity contribution in [3.05, 3.63) is 53.7 Å². The van der Waals surface area contributed by atoms with E-state index in [9.17, 15) is 14.0 Å². The van der Waals surface area contributed by atoms with Crippen LogP contribution in [0.15, 0.2) is 42.9 Å². The molecule has 1 aromatic carbocycles. The Balaban J connectivity index is 1.26. The monoisotopic (exact) mass is 500 g/mol. The molecule has 0 aliphatic carbocycles. The van der Waals surface area contributed by atoms with E-state index in [0.29, 0.717) is 31.2 Å². The summed E-state index contributed by atoms with van der Waals surface area (Å²) in [5, 5.41) is 9.13. The molecule has 2 saturated heterocycles. The van der Waals surface area contributed by atoms with Crippen molar-refractivity contribution in [3.8, 4) is 22.8 Å². The number of hydrogen-bond acceptors (Lipinski definition) is 6. The summed E-state index contributed by atoms with van der Waals surface area (Å²) in [6, 6.07) is 4.53. The Labute approximate surface area is 205 Å². The predicted octanol–water partition coefficient (Wildman–Crippen LogP) is 4.51. The van der Waals surface area contributed by atoms with Gasteiger partial charge in [-0.15, -0.1) is 0 Å². The van der Waals surface area contributed by atoms with Crippen molar-refractivity contribution in [1.29, 1.82) is 0 Å².